The van der Waals surface area contributed by atoms with Gasteiger partial charge < -0.3 is 10.8 Å². The van der Waals surface area contributed by atoms with Crippen molar-refractivity contribution < 1.29 is 5.11 Å². The number of rotatable bonds is 4. The Morgan fingerprint density at radius 1 is 0.885 bits per heavy atom. The second-order valence-electron chi connectivity index (χ2n) is 8.22. The van der Waals surface area contributed by atoms with Gasteiger partial charge in [-0.05, 0) is 35.6 Å². The van der Waals surface area contributed by atoms with Crippen LogP contribution >= 0.6 is 0 Å². The average Bonchev–Trinajstić information content (AvgIpc) is 2.65. The molecule has 0 aliphatic heterocycles. The van der Waals surface area contributed by atoms with Gasteiger partial charge in [-0.25, -0.2) is 0 Å². The van der Waals surface area contributed by atoms with Gasteiger partial charge in [0, 0.05) is 16.4 Å². The van der Waals surface area contributed by atoms with Crippen LogP contribution in [0.15, 0.2) is 66.3 Å². The molecule has 0 unspecified atom stereocenters. The van der Waals surface area contributed by atoms with Crippen LogP contribution in [-0.2, 0) is 10.8 Å². The lowest BCUT2D eigenvalue weighted by Gasteiger charge is -2.33. The van der Waals surface area contributed by atoms with E-state index < -0.39 is 0 Å². The van der Waals surface area contributed by atoms with Crippen molar-refractivity contribution >= 4 is 5.69 Å². The van der Waals surface area contributed by atoms with Crippen molar-refractivity contribution in [1.82, 2.24) is 0 Å². The second-order valence-corrected chi connectivity index (χ2v) is 8.22. The molecule has 0 atom stereocenters. The van der Waals surface area contributed by atoms with Crippen molar-refractivity contribution in [3.63, 3.8) is 0 Å². The number of nitrogens with two attached hydrogens (primary N) is 1. The van der Waals surface area contributed by atoms with Crippen LogP contribution in [0.3, 0.4) is 0 Å². The summed E-state index contributed by atoms with van der Waals surface area (Å²) in [5.74, 6) is 0.197. The number of allylic oxidation sites excluding steroid dienone is 4. The molecule has 0 spiro atoms. The molecular weight excluding hydrogens is 318 g/mol. The van der Waals surface area contributed by atoms with E-state index in [9.17, 15) is 5.11 Å². The van der Waals surface area contributed by atoms with Crippen molar-refractivity contribution in [3.05, 3.63) is 83.0 Å². The van der Waals surface area contributed by atoms with E-state index in [0.29, 0.717) is 5.69 Å². The van der Waals surface area contributed by atoms with E-state index in [2.05, 4.69) is 76.3 Å². The lowest BCUT2D eigenvalue weighted by Crippen LogP contribution is -2.24. The Labute approximate surface area is 157 Å². The van der Waals surface area contributed by atoms with Crippen LogP contribution in [0.4, 0.5) is 5.69 Å². The van der Waals surface area contributed by atoms with Crippen LogP contribution in [0.25, 0.3) is 0 Å². The summed E-state index contributed by atoms with van der Waals surface area (Å²) in [6.07, 6.45) is 8.77. The van der Waals surface area contributed by atoms with Gasteiger partial charge in [-0.15, -0.1) is 0 Å². The summed E-state index contributed by atoms with van der Waals surface area (Å²) in [5.41, 5.74) is 10.6. The molecule has 0 aromatic heterocycles. The summed E-state index contributed by atoms with van der Waals surface area (Å²) in [4.78, 5) is 0. The molecule has 0 amide bonds. The molecule has 3 N–H and O–H groups in total. The van der Waals surface area contributed by atoms with Gasteiger partial charge in [-0.1, -0.05) is 82.3 Å². The highest BCUT2D eigenvalue weighted by Crippen LogP contribution is 2.44. The molecule has 0 saturated carbocycles. The lowest BCUT2D eigenvalue weighted by atomic mass is 9.71. The maximum atomic E-state index is 10.7. The largest absolute Gasteiger partial charge is 0.505 e. The number of nitrogen functional groups attached to an aromatic ring is 1. The minimum absolute atomic E-state index is 0.197. The number of benzene rings is 2. The predicted octanol–water partition coefficient (Wildman–Crippen LogP) is 5.85. The number of phenolic OH excluding ortho intramolecular Hbond substituents is 1. The van der Waals surface area contributed by atoms with Crippen LogP contribution < -0.4 is 5.73 Å². The normalized spacial score (nSPS) is 15.0. The first-order chi connectivity index (χ1) is 12.2. The van der Waals surface area contributed by atoms with Gasteiger partial charge in [0.1, 0.15) is 5.75 Å². The summed E-state index contributed by atoms with van der Waals surface area (Å²) < 4.78 is 0. The number of hydrogen-bond donors (Lipinski definition) is 2. The van der Waals surface area contributed by atoms with Crippen molar-refractivity contribution in [2.75, 3.05) is 5.73 Å². The average molecular weight is 348 g/mol. The molecule has 2 heteroatoms. The quantitative estimate of drug-likeness (QED) is 0.538. The second kappa shape index (κ2) is 6.68. The van der Waals surface area contributed by atoms with E-state index in [1.165, 1.54) is 11.1 Å². The van der Waals surface area contributed by atoms with Crippen LogP contribution in [0, 0.1) is 0 Å². The topological polar surface area (TPSA) is 46.2 Å². The SMILES string of the molecule is CC(C)(C1=CCCC=C1)c1cc(C(C)(C)c2ccccc2)cc(N)c1O. The van der Waals surface area contributed by atoms with Crippen molar-refractivity contribution in [3.8, 4) is 5.75 Å². The number of phenols is 1. The van der Waals surface area contributed by atoms with Crippen molar-refractivity contribution in [2.24, 2.45) is 0 Å². The first-order valence-corrected chi connectivity index (χ1v) is 9.30. The Bertz CT molecular complexity index is 857. The highest BCUT2D eigenvalue weighted by molar-refractivity contribution is 5.64. The molecule has 2 aromatic rings. The van der Waals surface area contributed by atoms with Gasteiger partial charge in [0.2, 0.25) is 0 Å². The maximum Gasteiger partial charge on any atom is 0.142 e. The van der Waals surface area contributed by atoms with E-state index in [4.69, 9.17) is 5.73 Å². The molecule has 26 heavy (non-hydrogen) atoms. The van der Waals surface area contributed by atoms with Crippen LogP contribution in [0.2, 0.25) is 0 Å². The number of aromatic hydroxyl groups is 1. The zero-order valence-electron chi connectivity index (χ0n) is 16.2. The van der Waals surface area contributed by atoms with Crippen LogP contribution in [0.1, 0.15) is 57.2 Å². The van der Waals surface area contributed by atoms with Gasteiger partial charge in [0.15, 0.2) is 0 Å². The van der Waals surface area contributed by atoms with Crippen molar-refractivity contribution in [1.29, 1.82) is 0 Å². The third kappa shape index (κ3) is 3.16. The molecule has 1 aliphatic carbocycles. The minimum Gasteiger partial charge on any atom is -0.505 e. The van der Waals surface area contributed by atoms with Gasteiger partial charge in [-0.3, -0.25) is 0 Å². The van der Waals surface area contributed by atoms with E-state index in [-0.39, 0.29) is 16.6 Å². The monoisotopic (exact) mass is 347 g/mol. The molecule has 0 saturated heterocycles. The van der Waals surface area contributed by atoms with Gasteiger partial charge in [0.25, 0.3) is 0 Å². The molecule has 3 rings (SSSR count). The summed E-state index contributed by atoms with van der Waals surface area (Å²) in [7, 11) is 0. The standard InChI is InChI=1S/C24H29NO/c1-23(2,17-11-7-5-8-12-17)19-15-20(22(26)21(25)16-19)24(3,4)18-13-9-6-10-14-18/h5,7-9,11-16,26H,6,10,25H2,1-4H3. The molecular formula is C24H29NO. The molecule has 0 bridgehead atoms. The Hall–Kier alpha value is -2.48. The van der Waals surface area contributed by atoms with E-state index in [0.717, 1.165) is 24.0 Å². The van der Waals surface area contributed by atoms with E-state index in [1.54, 1.807) is 0 Å². The maximum absolute atomic E-state index is 10.7. The van der Waals surface area contributed by atoms with E-state index in [1.807, 2.05) is 12.1 Å². The lowest BCUT2D eigenvalue weighted by molar-refractivity contribution is 0.454. The molecule has 136 valence electrons. The molecule has 0 fully saturated rings. The zero-order chi connectivity index (χ0) is 18.9. The molecule has 2 nitrogen and oxygen atoms in total. The fraction of sp³-hybridized carbons (Fsp3) is 0.333. The van der Waals surface area contributed by atoms with Gasteiger partial charge in [0.05, 0.1) is 5.69 Å². The third-order valence-corrected chi connectivity index (χ3v) is 5.75. The molecule has 1 aliphatic rings. The Morgan fingerprint density at radius 2 is 1.58 bits per heavy atom. The third-order valence-electron chi connectivity index (χ3n) is 5.75. The first kappa shape index (κ1) is 18.3. The van der Waals surface area contributed by atoms with E-state index >= 15 is 0 Å². The number of anilines is 1. The highest BCUT2D eigenvalue weighted by atomic mass is 16.3. The minimum atomic E-state index is -0.308. The predicted molar refractivity (Wildman–Crippen MR) is 111 cm³/mol. The van der Waals surface area contributed by atoms with Gasteiger partial charge >= 0.3 is 0 Å². The summed E-state index contributed by atoms with van der Waals surface area (Å²) in [6, 6.07) is 14.5. The molecule has 2 aromatic carbocycles. The fourth-order valence-corrected chi connectivity index (χ4v) is 3.75. The summed E-state index contributed by atoms with van der Waals surface area (Å²) in [6.45, 7) is 8.71. The Morgan fingerprint density at radius 3 is 2.19 bits per heavy atom. The highest BCUT2D eigenvalue weighted by Gasteiger charge is 2.32. The van der Waals surface area contributed by atoms with Crippen LogP contribution in [0.5, 0.6) is 5.75 Å². The fourth-order valence-electron chi connectivity index (χ4n) is 3.75. The Kier molecular flexibility index (Phi) is 4.70. The number of hydrogen-bond acceptors (Lipinski definition) is 2. The van der Waals surface area contributed by atoms with Crippen molar-refractivity contribution in [2.45, 2.75) is 51.4 Å². The first-order valence-electron chi connectivity index (χ1n) is 9.30. The summed E-state index contributed by atoms with van der Waals surface area (Å²) in [5, 5.41) is 10.7. The smallest absolute Gasteiger partial charge is 0.142 e. The van der Waals surface area contributed by atoms with Crippen LogP contribution in [-0.4, -0.2) is 5.11 Å². The van der Waals surface area contributed by atoms with Gasteiger partial charge in [-0.2, -0.15) is 0 Å². The molecule has 0 heterocycles. The zero-order valence-corrected chi connectivity index (χ0v) is 16.2. The summed E-state index contributed by atoms with van der Waals surface area (Å²) >= 11 is 0. The molecule has 0 radical (unpaired) electrons. The Balaban J connectivity index is 2.14.